The molecule has 0 unspecified atom stereocenters. The Bertz CT molecular complexity index is 689. The summed E-state index contributed by atoms with van der Waals surface area (Å²) in [5, 5.41) is 9.06. The lowest BCUT2D eigenvalue weighted by molar-refractivity contribution is 0.0693. The van der Waals surface area contributed by atoms with Crippen LogP contribution >= 0.6 is 0 Å². The molecule has 0 aliphatic carbocycles. The fraction of sp³-hybridized carbons (Fsp3) is 0.500. The van der Waals surface area contributed by atoms with Crippen molar-refractivity contribution in [2.75, 3.05) is 33.4 Å². The second kappa shape index (κ2) is 5.53. The summed E-state index contributed by atoms with van der Waals surface area (Å²) in [6.45, 7) is 2.07. The normalized spacial score (nSPS) is 25.1. The molecule has 22 heavy (non-hydrogen) atoms. The zero-order valence-electron chi connectivity index (χ0n) is 12.1. The van der Waals surface area contributed by atoms with E-state index in [0.717, 1.165) is 0 Å². The van der Waals surface area contributed by atoms with E-state index in [9.17, 15) is 13.2 Å². The van der Waals surface area contributed by atoms with Crippen LogP contribution < -0.4 is 4.74 Å². The van der Waals surface area contributed by atoms with Crippen molar-refractivity contribution >= 4 is 16.0 Å². The molecule has 2 heterocycles. The first kappa shape index (κ1) is 15.3. The monoisotopic (exact) mass is 327 g/mol. The molecule has 0 aromatic heterocycles. The maximum absolute atomic E-state index is 12.7. The molecule has 0 bridgehead atoms. The van der Waals surface area contributed by atoms with Gasteiger partial charge in [-0.05, 0) is 12.1 Å². The molecule has 3 rings (SSSR count). The Morgan fingerprint density at radius 1 is 1.32 bits per heavy atom. The van der Waals surface area contributed by atoms with Gasteiger partial charge in [-0.3, -0.25) is 0 Å². The van der Waals surface area contributed by atoms with Crippen molar-refractivity contribution in [2.24, 2.45) is 11.8 Å². The third-order valence-corrected chi connectivity index (χ3v) is 6.08. The van der Waals surface area contributed by atoms with Gasteiger partial charge in [-0.1, -0.05) is 0 Å². The molecule has 2 aliphatic heterocycles. The largest absolute Gasteiger partial charge is 0.496 e. The molecule has 8 heteroatoms. The molecule has 2 atom stereocenters. The first-order valence-corrected chi connectivity index (χ1v) is 8.36. The number of nitrogens with zero attached hydrogens (tertiary/aromatic N) is 1. The van der Waals surface area contributed by atoms with Crippen molar-refractivity contribution in [3.63, 3.8) is 0 Å². The van der Waals surface area contributed by atoms with Gasteiger partial charge < -0.3 is 14.6 Å². The van der Waals surface area contributed by atoms with E-state index >= 15 is 0 Å². The van der Waals surface area contributed by atoms with E-state index in [1.165, 1.54) is 29.6 Å². The predicted octanol–water partition coefficient (Wildman–Crippen LogP) is 0.660. The summed E-state index contributed by atoms with van der Waals surface area (Å²) in [6.07, 6.45) is 0. The standard InChI is InChI=1S/C14H17NO6S/c1-20-13-4-11(2-3-12(13)14(16)17)22(18,19)15-5-9-7-21-8-10(9)6-15/h2-4,9-10H,5-8H2,1H3,(H,16,17)/t9-,10+. The van der Waals surface area contributed by atoms with E-state index in [-0.39, 0.29) is 28.0 Å². The van der Waals surface area contributed by atoms with Crippen LogP contribution in [0.5, 0.6) is 5.75 Å². The number of aromatic carboxylic acids is 1. The lowest BCUT2D eigenvalue weighted by atomic mass is 10.0. The van der Waals surface area contributed by atoms with Crippen LogP contribution in [0.3, 0.4) is 0 Å². The number of fused-ring (bicyclic) bond motifs is 1. The highest BCUT2D eigenvalue weighted by atomic mass is 32.2. The van der Waals surface area contributed by atoms with Crippen LogP contribution in [0.2, 0.25) is 0 Å². The zero-order chi connectivity index (χ0) is 15.9. The highest BCUT2D eigenvalue weighted by Gasteiger charge is 2.42. The fourth-order valence-electron chi connectivity index (χ4n) is 3.00. The quantitative estimate of drug-likeness (QED) is 0.873. The highest BCUT2D eigenvalue weighted by molar-refractivity contribution is 7.89. The summed E-state index contributed by atoms with van der Waals surface area (Å²) in [5.74, 6) is -0.630. The topological polar surface area (TPSA) is 93.1 Å². The van der Waals surface area contributed by atoms with Crippen molar-refractivity contribution in [3.8, 4) is 5.75 Å². The SMILES string of the molecule is COc1cc(S(=O)(=O)N2C[C@H]3COC[C@H]3C2)ccc1C(=O)O. The molecule has 2 saturated heterocycles. The number of benzene rings is 1. The van der Waals surface area contributed by atoms with E-state index < -0.39 is 16.0 Å². The Morgan fingerprint density at radius 2 is 1.95 bits per heavy atom. The number of carboxylic acid groups (broad SMARTS) is 1. The van der Waals surface area contributed by atoms with Gasteiger partial charge in [-0.25, -0.2) is 13.2 Å². The number of rotatable bonds is 4. The maximum atomic E-state index is 12.7. The van der Waals surface area contributed by atoms with Crippen LogP contribution in [-0.2, 0) is 14.8 Å². The number of carbonyl (C=O) groups is 1. The Morgan fingerprint density at radius 3 is 2.50 bits per heavy atom. The molecule has 2 aliphatic rings. The molecule has 0 spiro atoms. The number of sulfonamides is 1. The Hall–Kier alpha value is -1.64. The molecule has 0 saturated carbocycles. The molecular formula is C14H17NO6S. The van der Waals surface area contributed by atoms with E-state index in [2.05, 4.69) is 0 Å². The van der Waals surface area contributed by atoms with Crippen LogP contribution in [-0.4, -0.2) is 57.2 Å². The van der Waals surface area contributed by atoms with Gasteiger partial charge in [0.25, 0.3) is 0 Å². The van der Waals surface area contributed by atoms with Crippen molar-refractivity contribution in [1.82, 2.24) is 4.31 Å². The molecule has 7 nitrogen and oxygen atoms in total. The third kappa shape index (κ3) is 2.47. The second-order valence-corrected chi connectivity index (χ2v) is 7.48. The molecule has 120 valence electrons. The van der Waals surface area contributed by atoms with Crippen LogP contribution in [0, 0.1) is 11.8 Å². The third-order valence-electron chi connectivity index (χ3n) is 4.25. The minimum absolute atomic E-state index is 0.0382. The molecule has 0 radical (unpaired) electrons. The van der Waals surface area contributed by atoms with Gasteiger partial charge in [0.15, 0.2) is 0 Å². The van der Waals surface area contributed by atoms with Crippen molar-refractivity contribution in [1.29, 1.82) is 0 Å². The Labute approximate surface area is 128 Å². The van der Waals surface area contributed by atoms with Gasteiger partial charge in [-0.15, -0.1) is 0 Å². The van der Waals surface area contributed by atoms with Crippen LogP contribution in [0.4, 0.5) is 0 Å². The minimum atomic E-state index is -3.65. The molecule has 1 aromatic carbocycles. The highest BCUT2D eigenvalue weighted by Crippen LogP contribution is 2.34. The van der Waals surface area contributed by atoms with E-state index in [1.54, 1.807) is 0 Å². The first-order valence-electron chi connectivity index (χ1n) is 6.92. The molecular weight excluding hydrogens is 310 g/mol. The summed E-state index contributed by atoms with van der Waals surface area (Å²) in [4.78, 5) is 11.1. The van der Waals surface area contributed by atoms with Gasteiger partial charge in [-0.2, -0.15) is 4.31 Å². The maximum Gasteiger partial charge on any atom is 0.339 e. The van der Waals surface area contributed by atoms with Gasteiger partial charge in [0.1, 0.15) is 11.3 Å². The van der Waals surface area contributed by atoms with Crippen molar-refractivity contribution in [3.05, 3.63) is 23.8 Å². The summed E-state index contributed by atoms with van der Waals surface area (Å²) in [7, 11) is -2.34. The lowest BCUT2D eigenvalue weighted by Gasteiger charge is -2.18. The molecule has 1 aromatic rings. The lowest BCUT2D eigenvalue weighted by Crippen LogP contribution is -2.30. The van der Waals surface area contributed by atoms with Gasteiger partial charge in [0.05, 0.1) is 25.2 Å². The van der Waals surface area contributed by atoms with Gasteiger partial charge in [0.2, 0.25) is 10.0 Å². The number of methoxy groups -OCH3 is 1. The van der Waals surface area contributed by atoms with E-state index in [4.69, 9.17) is 14.6 Å². The van der Waals surface area contributed by atoms with Crippen LogP contribution in [0.1, 0.15) is 10.4 Å². The average molecular weight is 327 g/mol. The number of hydrogen-bond acceptors (Lipinski definition) is 5. The van der Waals surface area contributed by atoms with Gasteiger partial charge >= 0.3 is 5.97 Å². The second-order valence-electron chi connectivity index (χ2n) is 5.55. The number of carboxylic acids is 1. The van der Waals surface area contributed by atoms with E-state index in [0.29, 0.717) is 26.3 Å². The summed E-state index contributed by atoms with van der Waals surface area (Å²) in [6, 6.07) is 3.84. The number of ether oxygens (including phenoxy) is 2. The zero-order valence-corrected chi connectivity index (χ0v) is 12.9. The fourth-order valence-corrected chi connectivity index (χ4v) is 4.57. The number of hydrogen-bond donors (Lipinski definition) is 1. The Balaban J connectivity index is 1.91. The van der Waals surface area contributed by atoms with Crippen molar-refractivity contribution < 1.29 is 27.8 Å². The van der Waals surface area contributed by atoms with Crippen molar-refractivity contribution in [2.45, 2.75) is 4.90 Å². The molecule has 2 fully saturated rings. The summed E-state index contributed by atoms with van der Waals surface area (Å²) < 4.78 is 37.2. The minimum Gasteiger partial charge on any atom is -0.496 e. The van der Waals surface area contributed by atoms with Gasteiger partial charge in [0, 0.05) is 31.0 Å². The van der Waals surface area contributed by atoms with E-state index in [1.807, 2.05) is 0 Å². The molecule has 0 amide bonds. The first-order chi connectivity index (χ1) is 10.4. The summed E-state index contributed by atoms with van der Waals surface area (Å²) in [5.41, 5.74) is -0.0619. The molecule has 1 N–H and O–H groups in total. The predicted molar refractivity (Wildman–Crippen MR) is 76.5 cm³/mol. The Kier molecular flexibility index (Phi) is 3.84. The smallest absolute Gasteiger partial charge is 0.339 e. The van der Waals surface area contributed by atoms with Crippen LogP contribution in [0.25, 0.3) is 0 Å². The average Bonchev–Trinajstić information content (AvgIpc) is 3.07. The van der Waals surface area contributed by atoms with Crippen LogP contribution in [0.15, 0.2) is 23.1 Å². The summed E-state index contributed by atoms with van der Waals surface area (Å²) >= 11 is 0.